The van der Waals surface area contributed by atoms with Crippen LogP contribution in [0.3, 0.4) is 0 Å². The molecule has 1 aliphatic carbocycles. The summed E-state index contributed by atoms with van der Waals surface area (Å²) in [5.41, 5.74) is 6.11. The van der Waals surface area contributed by atoms with Crippen LogP contribution in [0.5, 0.6) is 5.75 Å². The summed E-state index contributed by atoms with van der Waals surface area (Å²) in [5, 5.41) is 3.54. The number of rotatable bonds is 6. The van der Waals surface area contributed by atoms with Gasteiger partial charge < -0.3 is 15.8 Å². The summed E-state index contributed by atoms with van der Waals surface area (Å²) >= 11 is 0. The molecule has 1 amide bonds. The molecular formula is C16H24N2O2. The highest BCUT2D eigenvalue weighted by molar-refractivity contribution is 5.75. The quantitative estimate of drug-likeness (QED) is 0.839. The van der Waals surface area contributed by atoms with Crippen molar-refractivity contribution in [3.8, 4) is 5.75 Å². The number of carbonyl (C=O) groups is 1. The fourth-order valence-electron chi connectivity index (χ4n) is 2.85. The maximum absolute atomic E-state index is 10.7. The molecule has 0 aromatic heterocycles. The van der Waals surface area contributed by atoms with E-state index in [2.05, 4.69) is 12.2 Å². The van der Waals surface area contributed by atoms with Gasteiger partial charge in [0.15, 0.2) is 6.61 Å². The van der Waals surface area contributed by atoms with Crippen molar-refractivity contribution in [2.24, 2.45) is 11.7 Å². The van der Waals surface area contributed by atoms with Crippen LogP contribution in [0.2, 0.25) is 0 Å². The predicted molar refractivity (Wildman–Crippen MR) is 80.8 cm³/mol. The van der Waals surface area contributed by atoms with E-state index >= 15 is 0 Å². The van der Waals surface area contributed by atoms with E-state index in [9.17, 15) is 4.79 Å². The largest absolute Gasteiger partial charge is 0.484 e. The van der Waals surface area contributed by atoms with E-state index in [1.165, 1.54) is 32.1 Å². The Morgan fingerprint density at radius 1 is 1.40 bits per heavy atom. The molecule has 1 aliphatic rings. The molecule has 1 unspecified atom stereocenters. The molecule has 0 heterocycles. The number of primary amides is 1. The average Bonchev–Trinajstić information content (AvgIpc) is 2.46. The number of nitrogens with two attached hydrogens (primary N) is 1. The zero-order valence-corrected chi connectivity index (χ0v) is 12.1. The highest BCUT2D eigenvalue weighted by atomic mass is 16.5. The first kappa shape index (κ1) is 14.7. The van der Waals surface area contributed by atoms with Gasteiger partial charge in [-0.2, -0.15) is 0 Å². The summed E-state index contributed by atoms with van der Waals surface area (Å²) < 4.78 is 5.32. The lowest BCUT2D eigenvalue weighted by molar-refractivity contribution is -0.119. The number of anilines is 1. The first-order valence-corrected chi connectivity index (χ1v) is 7.43. The van der Waals surface area contributed by atoms with Crippen molar-refractivity contribution in [3.05, 3.63) is 24.3 Å². The van der Waals surface area contributed by atoms with Crippen molar-refractivity contribution < 1.29 is 9.53 Å². The van der Waals surface area contributed by atoms with Gasteiger partial charge in [-0.3, -0.25) is 4.79 Å². The topological polar surface area (TPSA) is 64.3 Å². The standard InChI is InChI=1S/C16H24N2O2/c1-12(13-6-3-2-4-7-13)18-14-8-5-9-15(10-14)20-11-16(17)19/h5,8-10,12-13,18H,2-4,6-7,11H2,1H3,(H2,17,19). The molecule has 110 valence electrons. The molecule has 1 fully saturated rings. The molecule has 20 heavy (non-hydrogen) atoms. The number of benzene rings is 1. The molecule has 0 radical (unpaired) electrons. The molecular weight excluding hydrogens is 252 g/mol. The van der Waals surface area contributed by atoms with E-state index in [0.717, 1.165) is 11.6 Å². The van der Waals surface area contributed by atoms with Gasteiger partial charge in [0, 0.05) is 17.8 Å². The van der Waals surface area contributed by atoms with E-state index in [1.807, 2.05) is 24.3 Å². The summed E-state index contributed by atoms with van der Waals surface area (Å²) in [7, 11) is 0. The van der Waals surface area contributed by atoms with Crippen LogP contribution >= 0.6 is 0 Å². The van der Waals surface area contributed by atoms with Gasteiger partial charge in [-0.25, -0.2) is 0 Å². The zero-order valence-electron chi connectivity index (χ0n) is 12.1. The molecule has 4 nitrogen and oxygen atoms in total. The molecule has 1 saturated carbocycles. The van der Waals surface area contributed by atoms with Gasteiger partial charge >= 0.3 is 0 Å². The second-order valence-corrected chi connectivity index (χ2v) is 5.61. The minimum atomic E-state index is -0.459. The first-order chi connectivity index (χ1) is 9.65. The van der Waals surface area contributed by atoms with Crippen LogP contribution in [-0.2, 0) is 4.79 Å². The van der Waals surface area contributed by atoms with Crippen LogP contribution < -0.4 is 15.8 Å². The molecule has 3 N–H and O–H groups in total. The Balaban J connectivity index is 1.91. The van der Waals surface area contributed by atoms with Crippen LogP contribution in [0, 0.1) is 5.92 Å². The van der Waals surface area contributed by atoms with Gasteiger partial charge in [-0.15, -0.1) is 0 Å². The number of hydrogen-bond acceptors (Lipinski definition) is 3. The highest BCUT2D eigenvalue weighted by Gasteiger charge is 2.19. The van der Waals surface area contributed by atoms with E-state index in [-0.39, 0.29) is 6.61 Å². The Labute approximate surface area is 120 Å². The monoisotopic (exact) mass is 276 g/mol. The number of amides is 1. The van der Waals surface area contributed by atoms with Gasteiger partial charge in [0.05, 0.1) is 0 Å². The number of hydrogen-bond donors (Lipinski definition) is 2. The predicted octanol–water partition coefficient (Wildman–Crippen LogP) is 2.93. The van der Waals surface area contributed by atoms with Crippen LogP contribution in [0.15, 0.2) is 24.3 Å². The van der Waals surface area contributed by atoms with Crippen LogP contribution in [0.25, 0.3) is 0 Å². The molecule has 1 aromatic rings. The van der Waals surface area contributed by atoms with Gasteiger partial charge in [0.1, 0.15) is 5.75 Å². The van der Waals surface area contributed by atoms with E-state index in [0.29, 0.717) is 11.8 Å². The number of carbonyl (C=O) groups excluding carboxylic acids is 1. The Morgan fingerprint density at radius 3 is 2.85 bits per heavy atom. The first-order valence-electron chi connectivity index (χ1n) is 7.43. The molecule has 0 saturated heterocycles. The van der Waals surface area contributed by atoms with Crippen molar-refractivity contribution >= 4 is 11.6 Å². The molecule has 0 spiro atoms. The van der Waals surface area contributed by atoms with E-state index in [4.69, 9.17) is 10.5 Å². The van der Waals surface area contributed by atoms with Gasteiger partial charge in [-0.1, -0.05) is 25.3 Å². The van der Waals surface area contributed by atoms with Gasteiger partial charge in [0.25, 0.3) is 5.91 Å². The maximum Gasteiger partial charge on any atom is 0.255 e. The highest BCUT2D eigenvalue weighted by Crippen LogP contribution is 2.28. The van der Waals surface area contributed by atoms with Crippen molar-refractivity contribution in [2.45, 2.75) is 45.1 Å². The zero-order chi connectivity index (χ0) is 14.4. The fraction of sp³-hybridized carbons (Fsp3) is 0.562. The summed E-state index contributed by atoms with van der Waals surface area (Å²) in [6, 6.07) is 8.16. The van der Waals surface area contributed by atoms with Crippen LogP contribution in [0.4, 0.5) is 5.69 Å². The van der Waals surface area contributed by atoms with Crippen molar-refractivity contribution in [1.82, 2.24) is 0 Å². The Bertz CT molecular complexity index is 442. The number of nitrogens with one attached hydrogen (secondary N) is 1. The summed E-state index contributed by atoms with van der Waals surface area (Å²) in [6.07, 6.45) is 6.69. The minimum absolute atomic E-state index is 0.0817. The molecule has 1 atom stereocenters. The van der Waals surface area contributed by atoms with Crippen molar-refractivity contribution in [1.29, 1.82) is 0 Å². The summed E-state index contributed by atoms with van der Waals surface area (Å²) in [6.45, 7) is 2.16. The summed E-state index contributed by atoms with van der Waals surface area (Å²) in [5.74, 6) is 0.961. The lowest BCUT2D eigenvalue weighted by atomic mass is 9.84. The fourth-order valence-corrected chi connectivity index (χ4v) is 2.85. The van der Waals surface area contributed by atoms with E-state index in [1.54, 1.807) is 0 Å². The smallest absolute Gasteiger partial charge is 0.255 e. The second kappa shape index (κ2) is 7.17. The lowest BCUT2D eigenvalue weighted by Crippen LogP contribution is -2.27. The van der Waals surface area contributed by atoms with Gasteiger partial charge in [0.2, 0.25) is 0 Å². The molecule has 1 aromatic carbocycles. The molecule has 0 bridgehead atoms. The summed E-state index contributed by atoms with van der Waals surface area (Å²) in [4.78, 5) is 10.7. The lowest BCUT2D eigenvalue weighted by Gasteiger charge is -2.29. The minimum Gasteiger partial charge on any atom is -0.484 e. The number of ether oxygens (including phenoxy) is 1. The maximum atomic E-state index is 10.7. The second-order valence-electron chi connectivity index (χ2n) is 5.61. The normalized spacial score (nSPS) is 17.4. The van der Waals surface area contributed by atoms with Crippen LogP contribution in [0.1, 0.15) is 39.0 Å². The third kappa shape index (κ3) is 4.44. The molecule has 0 aliphatic heterocycles. The van der Waals surface area contributed by atoms with Gasteiger partial charge in [-0.05, 0) is 37.8 Å². The molecule has 2 rings (SSSR count). The Hall–Kier alpha value is -1.71. The molecule has 4 heteroatoms. The SMILES string of the molecule is CC(Nc1cccc(OCC(N)=O)c1)C1CCCCC1. The van der Waals surface area contributed by atoms with Crippen molar-refractivity contribution in [3.63, 3.8) is 0 Å². The third-order valence-electron chi connectivity index (χ3n) is 3.97. The Morgan fingerprint density at radius 2 is 2.15 bits per heavy atom. The van der Waals surface area contributed by atoms with Crippen LogP contribution in [-0.4, -0.2) is 18.6 Å². The third-order valence-corrected chi connectivity index (χ3v) is 3.97. The Kier molecular flexibility index (Phi) is 5.27. The van der Waals surface area contributed by atoms with Crippen molar-refractivity contribution in [2.75, 3.05) is 11.9 Å². The van der Waals surface area contributed by atoms with E-state index < -0.39 is 5.91 Å². The average molecular weight is 276 g/mol.